The van der Waals surface area contributed by atoms with Crippen LogP contribution in [-0.4, -0.2) is 0 Å². The molecule has 0 saturated heterocycles. The zero-order valence-corrected chi connectivity index (χ0v) is 13.1. The fourth-order valence-electron chi connectivity index (χ4n) is 2.51. The summed E-state index contributed by atoms with van der Waals surface area (Å²) in [7, 11) is 0. The third-order valence-electron chi connectivity index (χ3n) is 3.48. The van der Waals surface area contributed by atoms with E-state index in [1.807, 2.05) is 18.2 Å². The second-order valence-electron chi connectivity index (χ2n) is 5.83. The van der Waals surface area contributed by atoms with Crippen LogP contribution < -0.4 is 0 Å². The molecular formula is C19H23Cl. The lowest BCUT2D eigenvalue weighted by Gasteiger charge is -2.11. The summed E-state index contributed by atoms with van der Waals surface area (Å²) < 4.78 is 0. The molecule has 0 aliphatic rings. The van der Waals surface area contributed by atoms with Gasteiger partial charge in [-0.25, -0.2) is 0 Å². The lowest BCUT2D eigenvalue weighted by atomic mass is 9.98. The van der Waals surface area contributed by atoms with E-state index in [0.717, 1.165) is 19.3 Å². The quantitative estimate of drug-likeness (QED) is 0.589. The molecule has 0 aliphatic heterocycles. The number of hydrogen-bond acceptors (Lipinski definition) is 0. The van der Waals surface area contributed by atoms with Crippen LogP contribution in [0.25, 0.3) is 0 Å². The number of rotatable bonds is 6. The predicted molar refractivity (Wildman–Crippen MR) is 88.3 cm³/mol. The molecule has 2 rings (SSSR count). The van der Waals surface area contributed by atoms with Gasteiger partial charge in [-0.2, -0.15) is 0 Å². The summed E-state index contributed by atoms with van der Waals surface area (Å²) in [5, 5.41) is 0.102. The van der Waals surface area contributed by atoms with Crippen LogP contribution in [-0.2, 0) is 12.8 Å². The van der Waals surface area contributed by atoms with Crippen molar-refractivity contribution in [1.29, 1.82) is 0 Å². The van der Waals surface area contributed by atoms with Gasteiger partial charge in [0.2, 0.25) is 0 Å². The van der Waals surface area contributed by atoms with Gasteiger partial charge in [0.15, 0.2) is 0 Å². The van der Waals surface area contributed by atoms with Crippen molar-refractivity contribution in [2.45, 2.75) is 38.5 Å². The highest BCUT2D eigenvalue weighted by Crippen LogP contribution is 2.25. The van der Waals surface area contributed by atoms with E-state index in [1.54, 1.807) is 0 Å². The molecule has 2 aromatic rings. The van der Waals surface area contributed by atoms with E-state index in [4.69, 9.17) is 11.6 Å². The molecule has 0 saturated carbocycles. The number of aryl methyl sites for hydroxylation is 1. The first-order valence-corrected chi connectivity index (χ1v) is 7.85. The van der Waals surface area contributed by atoms with E-state index in [9.17, 15) is 0 Å². The summed E-state index contributed by atoms with van der Waals surface area (Å²) in [6.07, 6.45) is 3.17. The first-order chi connectivity index (χ1) is 9.65. The summed E-state index contributed by atoms with van der Waals surface area (Å²) >= 11 is 6.48. The number of alkyl halides is 1. The molecule has 0 spiro atoms. The van der Waals surface area contributed by atoms with Crippen molar-refractivity contribution in [2.24, 2.45) is 5.92 Å². The normalized spacial score (nSPS) is 12.6. The van der Waals surface area contributed by atoms with Crippen LogP contribution in [0.4, 0.5) is 0 Å². The summed E-state index contributed by atoms with van der Waals surface area (Å²) in [5.74, 6) is 0.704. The Kier molecular flexibility index (Phi) is 5.67. The molecule has 106 valence electrons. The minimum atomic E-state index is 0.102. The van der Waals surface area contributed by atoms with Crippen molar-refractivity contribution in [1.82, 2.24) is 0 Å². The van der Waals surface area contributed by atoms with Crippen molar-refractivity contribution < 1.29 is 0 Å². The van der Waals surface area contributed by atoms with Gasteiger partial charge in [-0.3, -0.25) is 0 Å². The monoisotopic (exact) mass is 286 g/mol. The molecule has 1 unspecified atom stereocenters. The molecule has 0 radical (unpaired) electrons. The maximum absolute atomic E-state index is 6.48. The van der Waals surface area contributed by atoms with Crippen molar-refractivity contribution in [3.8, 4) is 0 Å². The van der Waals surface area contributed by atoms with Gasteiger partial charge in [-0.15, -0.1) is 11.6 Å². The lowest BCUT2D eigenvalue weighted by molar-refractivity contribution is 0.646. The zero-order valence-electron chi connectivity index (χ0n) is 12.4. The number of hydrogen-bond donors (Lipinski definition) is 0. The molecule has 0 heterocycles. The van der Waals surface area contributed by atoms with Crippen molar-refractivity contribution in [2.75, 3.05) is 0 Å². The average Bonchev–Trinajstić information content (AvgIpc) is 2.45. The Morgan fingerprint density at radius 2 is 1.60 bits per heavy atom. The zero-order chi connectivity index (χ0) is 14.4. The van der Waals surface area contributed by atoms with E-state index in [0.29, 0.717) is 5.92 Å². The molecule has 0 amide bonds. The van der Waals surface area contributed by atoms with Gasteiger partial charge in [-0.05, 0) is 41.9 Å². The summed E-state index contributed by atoms with van der Waals surface area (Å²) in [4.78, 5) is 0. The van der Waals surface area contributed by atoms with Gasteiger partial charge in [0.05, 0.1) is 5.38 Å². The Labute approximate surface area is 127 Å². The molecule has 1 heteroatoms. The SMILES string of the molecule is CC(C)Cc1cccc(CCC(Cl)c2ccccc2)c1. The van der Waals surface area contributed by atoms with E-state index >= 15 is 0 Å². The van der Waals surface area contributed by atoms with Crippen LogP contribution in [0.3, 0.4) is 0 Å². The maximum Gasteiger partial charge on any atom is 0.0588 e. The summed E-state index contributed by atoms with van der Waals surface area (Å²) in [6.45, 7) is 4.52. The van der Waals surface area contributed by atoms with Crippen LogP contribution in [0.1, 0.15) is 42.3 Å². The molecule has 2 aromatic carbocycles. The van der Waals surface area contributed by atoms with Crippen molar-refractivity contribution in [3.05, 3.63) is 71.3 Å². The number of benzene rings is 2. The van der Waals surface area contributed by atoms with E-state index < -0.39 is 0 Å². The Morgan fingerprint density at radius 3 is 2.30 bits per heavy atom. The second-order valence-corrected chi connectivity index (χ2v) is 6.36. The van der Waals surface area contributed by atoms with Crippen LogP contribution in [0, 0.1) is 5.92 Å². The minimum Gasteiger partial charge on any atom is -0.118 e. The fraction of sp³-hybridized carbons (Fsp3) is 0.368. The highest BCUT2D eigenvalue weighted by Gasteiger charge is 2.08. The average molecular weight is 287 g/mol. The molecule has 0 fully saturated rings. The molecular weight excluding hydrogens is 264 g/mol. The third kappa shape index (κ3) is 4.68. The van der Waals surface area contributed by atoms with Gasteiger partial charge < -0.3 is 0 Å². The standard InChI is InChI=1S/C19H23Cl/c1-15(2)13-17-8-6-7-16(14-17)11-12-19(20)18-9-4-3-5-10-18/h3-10,14-15,19H,11-13H2,1-2H3. The molecule has 0 nitrogen and oxygen atoms in total. The van der Waals surface area contributed by atoms with Gasteiger partial charge in [0.1, 0.15) is 0 Å². The van der Waals surface area contributed by atoms with Crippen molar-refractivity contribution in [3.63, 3.8) is 0 Å². The van der Waals surface area contributed by atoms with Gasteiger partial charge >= 0.3 is 0 Å². The summed E-state index contributed by atoms with van der Waals surface area (Å²) in [5.41, 5.74) is 4.04. The van der Waals surface area contributed by atoms with Crippen LogP contribution in [0.5, 0.6) is 0 Å². The highest BCUT2D eigenvalue weighted by molar-refractivity contribution is 6.20. The molecule has 0 bridgehead atoms. The predicted octanol–water partition coefficient (Wildman–Crippen LogP) is 5.80. The molecule has 0 aliphatic carbocycles. The Bertz CT molecular complexity index is 516. The van der Waals surface area contributed by atoms with Crippen LogP contribution in [0.15, 0.2) is 54.6 Å². The summed E-state index contributed by atoms with van der Waals surface area (Å²) in [6, 6.07) is 19.3. The lowest BCUT2D eigenvalue weighted by Crippen LogP contribution is -1.97. The largest absolute Gasteiger partial charge is 0.118 e. The molecule has 0 aromatic heterocycles. The van der Waals surface area contributed by atoms with Crippen molar-refractivity contribution >= 4 is 11.6 Å². The van der Waals surface area contributed by atoms with E-state index in [-0.39, 0.29) is 5.38 Å². The fourth-order valence-corrected chi connectivity index (χ4v) is 2.76. The third-order valence-corrected chi connectivity index (χ3v) is 3.95. The topological polar surface area (TPSA) is 0 Å². The van der Waals surface area contributed by atoms with Gasteiger partial charge in [-0.1, -0.05) is 68.4 Å². The Hall–Kier alpha value is -1.27. The minimum absolute atomic E-state index is 0.102. The first-order valence-electron chi connectivity index (χ1n) is 7.42. The van der Waals surface area contributed by atoms with Gasteiger partial charge in [0.25, 0.3) is 0 Å². The van der Waals surface area contributed by atoms with Gasteiger partial charge in [0, 0.05) is 0 Å². The second kappa shape index (κ2) is 7.50. The Morgan fingerprint density at radius 1 is 0.900 bits per heavy atom. The van der Waals surface area contributed by atoms with Crippen LogP contribution >= 0.6 is 11.6 Å². The smallest absolute Gasteiger partial charge is 0.0588 e. The molecule has 1 atom stereocenters. The highest BCUT2D eigenvalue weighted by atomic mass is 35.5. The van der Waals surface area contributed by atoms with E-state index in [1.165, 1.54) is 16.7 Å². The first kappa shape index (κ1) is 15.1. The van der Waals surface area contributed by atoms with Crippen LogP contribution in [0.2, 0.25) is 0 Å². The molecule has 20 heavy (non-hydrogen) atoms. The van der Waals surface area contributed by atoms with E-state index in [2.05, 4.69) is 50.2 Å². The molecule has 0 N–H and O–H groups in total. The Balaban J connectivity index is 1.94. The maximum atomic E-state index is 6.48. The number of halogens is 1.